The molecular weight excluding hydrogens is 206 g/mol. The maximum absolute atomic E-state index is 5.53. The highest BCUT2D eigenvalue weighted by atomic mass is 16.5. The standard InChI is InChI=1S/C11H17N3O2/c1-8-9(5-12)6-13-11(14-8)16-7-10-3-2-4-15-10/h6,10H,2-5,7,12H2,1H3. The van der Waals surface area contributed by atoms with Crippen LogP contribution in [0.3, 0.4) is 0 Å². The average Bonchev–Trinajstić information content (AvgIpc) is 2.79. The van der Waals surface area contributed by atoms with Crippen LogP contribution >= 0.6 is 0 Å². The molecule has 0 amide bonds. The van der Waals surface area contributed by atoms with Crippen LogP contribution in [0.5, 0.6) is 6.01 Å². The van der Waals surface area contributed by atoms with Crippen molar-refractivity contribution in [2.45, 2.75) is 32.4 Å². The van der Waals surface area contributed by atoms with Gasteiger partial charge in [0.25, 0.3) is 0 Å². The smallest absolute Gasteiger partial charge is 0.316 e. The first kappa shape index (κ1) is 11.3. The van der Waals surface area contributed by atoms with Crippen LogP contribution in [0.2, 0.25) is 0 Å². The van der Waals surface area contributed by atoms with Gasteiger partial charge in [-0.3, -0.25) is 0 Å². The lowest BCUT2D eigenvalue weighted by Gasteiger charge is -2.10. The van der Waals surface area contributed by atoms with Crippen molar-refractivity contribution in [1.82, 2.24) is 9.97 Å². The van der Waals surface area contributed by atoms with Crippen molar-refractivity contribution in [3.63, 3.8) is 0 Å². The highest BCUT2D eigenvalue weighted by Crippen LogP contribution is 2.14. The summed E-state index contributed by atoms with van der Waals surface area (Å²) in [6.45, 7) is 3.72. The second-order valence-electron chi connectivity index (χ2n) is 3.91. The van der Waals surface area contributed by atoms with Gasteiger partial charge in [0.1, 0.15) is 6.61 Å². The SMILES string of the molecule is Cc1nc(OCC2CCCO2)ncc1CN. The third kappa shape index (κ3) is 2.68. The first-order valence-electron chi connectivity index (χ1n) is 5.56. The van der Waals surface area contributed by atoms with Crippen LogP contribution in [0, 0.1) is 6.92 Å². The fraction of sp³-hybridized carbons (Fsp3) is 0.636. The Morgan fingerprint density at radius 1 is 1.62 bits per heavy atom. The van der Waals surface area contributed by atoms with Gasteiger partial charge in [0.2, 0.25) is 0 Å². The Labute approximate surface area is 95.0 Å². The Morgan fingerprint density at radius 3 is 3.12 bits per heavy atom. The Hall–Kier alpha value is -1.20. The highest BCUT2D eigenvalue weighted by molar-refractivity contribution is 5.17. The molecule has 1 atom stereocenters. The van der Waals surface area contributed by atoms with Gasteiger partial charge in [0.05, 0.1) is 6.10 Å². The normalized spacial score (nSPS) is 20.0. The van der Waals surface area contributed by atoms with Crippen molar-refractivity contribution in [3.05, 3.63) is 17.5 Å². The van der Waals surface area contributed by atoms with E-state index in [4.69, 9.17) is 15.2 Å². The molecule has 0 radical (unpaired) electrons. The molecule has 1 saturated heterocycles. The van der Waals surface area contributed by atoms with Crippen LogP contribution in [0.15, 0.2) is 6.20 Å². The predicted molar refractivity (Wildman–Crippen MR) is 59.1 cm³/mol. The summed E-state index contributed by atoms with van der Waals surface area (Å²) in [5.41, 5.74) is 7.36. The van der Waals surface area contributed by atoms with Gasteiger partial charge in [-0.2, -0.15) is 0 Å². The molecular formula is C11H17N3O2. The quantitative estimate of drug-likeness (QED) is 0.817. The molecule has 0 aliphatic carbocycles. The summed E-state index contributed by atoms with van der Waals surface area (Å²) in [5.74, 6) is 0. The molecule has 16 heavy (non-hydrogen) atoms. The largest absolute Gasteiger partial charge is 0.461 e. The number of aryl methyl sites for hydroxylation is 1. The molecule has 1 unspecified atom stereocenters. The van der Waals surface area contributed by atoms with Crippen molar-refractivity contribution in [3.8, 4) is 6.01 Å². The molecule has 88 valence electrons. The van der Waals surface area contributed by atoms with Gasteiger partial charge in [-0.1, -0.05) is 0 Å². The van der Waals surface area contributed by atoms with Crippen LogP contribution in [-0.2, 0) is 11.3 Å². The first-order chi connectivity index (χ1) is 7.79. The van der Waals surface area contributed by atoms with E-state index < -0.39 is 0 Å². The van der Waals surface area contributed by atoms with Gasteiger partial charge in [-0.05, 0) is 19.8 Å². The molecule has 2 rings (SSSR count). The third-order valence-corrected chi connectivity index (χ3v) is 2.70. The molecule has 1 aliphatic rings. The minimum absolute atomic E-state index is 0.193. The molecule has 0 aromatic carbocycles. The molecule has 2 heterocycles. The summed E-state index contributed by atoms with van der Waals surface area (Å²) < 4.78 is 10.9. The number of aromatic nitrogens is 2. The summed E-state index contributed by atoms with van der Waals surface area (Å²) in [6.07, 6.45) is 4.07. The lowest BCUT2D eigenvalue weighted by atomic mass is 10.2. The number of nitrogens with two attached hydrogens (primary N) is 1. The Morgan fingerprint density at radius 2 is 2.50 bits per heavy atom. The van der Waals surface area contributed by atoms with Crippen molar-refractivity contribution in [1.29, 1.82) is 0 Å². The Balaban J connectivity index is 1.91. The van der Waals surface area contributed by atoms with Crippen molar-refractivity contribution < 1.29 is 9.47 Å². The summed E-state index contributed by atoms with van der Waals surface area (Å²) in [4.78, 5) is 8.34. The van der Waals surface area contributed by atoms with E-state index in [0.29, 0.717) is 19.2 Å². The summed E-state index contributed by atoms with van der Waals surface area (Å²) in [5, 5.41) is 0. The summed E-state index contributed by atoms with van der Waals surface area (Å²) >= 11 is 0. The van der Waals surface area contributed by atoms with E-state index in [1.807, 2.05) is 6.92 Å². The van der Waals surface area contributed by atoms with E-state index in [1.54, 1.807) is 6.20 Å². The average molecular weight is 223 g/mol. The van der Waals surface area contributed by atoms with Crippen LogP contribution in [0.4, 0.5) is 0 Å². The van der Waals surface area contributed by atoms with E-state index in [9.17, 15) is 0 Å². The minimum Gasteiger partial charge on any atom is -0.461 e. The second kappa shape index (κ2) is 5.23. The molecule has 0 bridgehead atoms. The number of ether oxygens (including phenoxy) is 2. The van der Waals surface area contributed by atoms with Crippen molar-refractivity contribution in [2.75, 3.05) is 13.2 Å². The fourth-order valence-electron chi connectivity index (χ4n) is 1.68. The number of hydrogen-bond donors (Lipinski definition) is 1. The monoisotopic (exact) mass is 223 g/mol. The lowest BCUT2D eigenvalue weighted by Crippen LogP contribution is -2.17. The lowest BCUT2D eigenvalue weighted by molar-refractivity contribution is 0.0644. The zero-order chi connectivity index (χ0) is 11.4. The van der Waals surface area contributed by atoms with E-state index in [1.165, 1.54) is 0 Å². The molecule has 1 fully saturated rings. The zero-order valence-corrected chi connectivity index (χ0v) is 9.48. The minimum atomic E-state index is 0.193. The van der Waals surface area contributed by atoms with E-state index >= 15 is 0 Å². The molecule has 1 aliphatic heterocycles. The first-order valence-corrected chi connectivity index (χ1v) is 5.56. The molecule has 2 N–H and O–H groups in total. The summed E-state index contributed by atoms with van der Waals surface area (Å²) in [7, 11) is 0. The summed E-state index contributed by atoms with van der Waals surface area (Å²) in [6, 6.07) is 0.408. The molecule has 0 spiro atoms. The molecule has 5 nitrogen and oxygen atoms in total. The zero-order valence-electron chi connectivity index (χ0n) is 9.48. The van der Waals surface area contributed by atoms with Gasteiger partial charge in [-0.25, -0.2) is 9.97 Å². The van der Waals surface area contributed by atoms with Crippen molar-refractivity contribution >= 4 is 0 Å². The third-order valence-electron chi connectivity index (χ3n) is 2.70. The van der Waals surface area contributed by atoms with E-state index in [0.717, 1.165) is 30.7 Å². The van der Waals surface area contributed by atoms with Gasteiger partial charge in [0, 0.05) is 30.6 Å². The topological polar surface area (TPSA) is 70.3 Å². The number of rotatable bonds is 4. The van der Waals surface area contributed by atoms with Crippen LogP contribution in [0.25, 0.3) is 0 Å². The van der Waals surface area contributed by atoms with Gasteiger partial charge < -0.3 is 15.2 Å². The van der Waals surface area contributed by atoms with Crippen LogP contribution in [-0.4, -0.2) is 29.3 Å². The maximum atomic E-state index is 5.53. The fourth-order valence-corrected chi connectivity index (χ4v) is 1.68. The molecule has 0 saturated carbocycles. The number of nitrogens with zero attached hydrogens (tertiary/aromatic N) is 2. The van der Waals surface area contributed by atoms with E-state index in [-0.39, 0.29) is 6.10 Å². The maximum Gasteiger partial charge on any atom is 0.316 e. The molecule has 5 heteroatoms. The van der Waals surface area contributed by atoms with Crippen LogP contribution < -0.4 is 10.5 Å². The van der Waals surface area contributed by atoms with Crippen molar-refractivity contribution in [2.24, 2.45) is 5.73 Å². The van der Waals surface area contributed by atoms with Gasteiger partial charge in [-0.15, -0.1) is 0 Å². The van der Waals surface area contributed by atoms with Gasteiger partial charge >= 0.3 is 6.01 Å². The van der Waals surface area contributed by atoms with Gasteiger partial charge in [0.15, 0.2) is 0 Å². The van der Waals surface area contributed by atoms with E-state index in [2.05, 4.69) is 9.97 Å². The second-order valence-corrected chi connectivity index (χ2v) is 3.91. The molecule has 1 aromatic rings. The number of hydrogen-bond acceptors (Lipinski definition) is 5. The Bertz CT molecular complexity index is 351. The van der Waals surface area contributed by atoms with Crippen LogP contribution in [0.1, 0.15) is 24.1 Å². The predicted octanol–water partition coefficient (Wildman–Crippen LogP) is 0.802. The molecule has 1 aromatic heterocycles. The Kier molecular flexibility index (Phi) is 3.69. The highest BCUT2D eigenvalue weighted by Gasteiger charge is 2.16.